The lowest BCUT2D eigenvalue weighted by Gasteiger charge is -2.28. The first kappa shape index (κ1) is 19.5. The summed E-state index contributed by atoms with van der Waals surface area (Å²) in [6.45, 7) is 9.82. The van der Waals surface area contributed by atoms with Gasteiger partial charge in [-0.1, -0.05) is 0 Å². The number of hydrogen-bond donors (Lipinski definition) is 2. The van der Waals surface area contributed by atoms with Crippen molar-refractivity contribution in [1.29, 1.82) is 0 Å². The van der Waals surface area contributed by atoms with E-state index >= 15 is 0 Å². The van der Waals surface area contributed by atoms with Crippen LogP contribution in [0.4, 0.5) is 4.39 Å². The number of halogens is 1. The van der Waals surface area contributed by atoms with E-state index in [0.29, 0.717) is 12.8 Å². The highest BCUT2D eigenvalue weighted by Crippen LogP contribution is 2.36. The monoisotopic (exact) mass is 381 g/mol. The predicted octanol–water partition coefficient (Wildman–Crippen LogP) is 2.71. The highest BCUT2D eigenvalue weighted by molar-refractivity contribution is 7.90. The molecule has 0 saturated heterocycles. The number of nitrogens with zero attached hydrogens (tertiary/aromatic N) is 1. The molecule has 0 radical (unpaired) electrons. The van der Waals surface area contributed by atoms with Gasteiger partial charge in [0.05, 0.1) is 6.04 Å². The number of hydrogen-bond acceptors (Lipinski definition) is 5. The summed E-state index contributed by atoms with van der Waals surface area (Å²) in [6, 6.07) is 3.23. The third-order valence-electron chi connectivity index (χ3n) is 4.95. The molecule has 2 heterocycles. The van der Waals surface area contributed by atoms with Crippen LogP contribution in [0.3, 0.4) is 0 Å². The Morgan fingerprint density at radius 2 is 2.19 bits per heavy atom. The molecule has 144 valence electrons. The number of rotatable bonds is 5. The van der Waals surface area contributed by atoms with E-state index < -0.39 is 11.4 Å². The van der Waals surface area contributed by atoms with Crippen LogP contribution in [0.2, 0.25) is 0 Å². The first-order valence-corrected chi connectivity index (χ1v) is 10.2. The van der Waals surface area contributed by atoms with E-state index in [-0.39, 0.29) is 34.7 Å². The number of fused-ring (bicyclic) bond motifs is 1. The Labute approximate surface area is 158 Å². The zero-order chi connectivity index (χ0) is 19.1. The minimum absolute atomic E-state index is 0.105. The average Bonchev–Trinajstić information content (AvgIpc) is 3.13. The van der Waals surface area contributed by atoms with Gasteiger partial charge in [-0.2, -0.15) is 5.10 Å². The van der Waals surface area contributed by atoms with Crippen LogP contribution in [0.1, 0.15) is 45.7 Å². The lowest BCUT2D eigenvalue weighted by atomic mass is 9.93. The Balaban J connectivity index is 1.73. The largest absolute Gasteiger partial charge is 0.598 e. The molecule has 2 aliphatic heterocycles. The second-order valence-electron chi connectivity index (χ2n) is 8.27. The Kier molecular flexibility index (Phi) is 5.51. The summed E-state index contributed by atoms with van der Waals surface area (Å²) in [6.07, 6.45) is 3.01. The van der Waals surface area contributed by atoms with Gasteiger partial charge in [-0.3, -0.25) is 0 Å². The van der Waals surface area contributed by atoms with Gasteiger partial charge in [0.1, 0.15) is 22.4 Å². The standard InChI is InChI=1S/C19H28FN3O2S/c1-11-15(10-21-22-11)6-13-7-16(20)8-14-9-17(25-18(13)14)12(2)23-26(24)19(3,4)5/h7-8,10-12,15,17,22-23H,6,9H2,1-5H3/t11-,12-,15?,17?,26?/m1/s1. The Bertz CT molecular complexity index is 692. The van der Waals surface area contributed by atoms with Crippen molar-refractivity contribution < 1.29 is 13.7 Å². The van der Waals surface area contributed by atoms with Gasteiger partial charge in [0.25, 0.3) is 0 Å². The first-order valence-electron chi connectivity index (χ1n) is 9.10. The third kappa shape index (κ3) is 4.15. The summed E-state index contributed by atoms with van der Waals surface area (Å²) in [5.74, 6) is 0.754. The highest BCUT2D eigenvalue weighted by Gasteiger charge is 2.36. The molecule has 26 heavy (non-hydrogen) atoms. The molecule has 7 heteroatoms. The summed E-state index contributed by atoms with van der Waals surface area (Å²) in [5.41, 5.74) is 4.78. The molecule has 2 aliphatic rings. The summed E-state index contributed by atoms with van der Waals surface area (Å²) >= 11 is -1.18. The van der Waals surface area contributed by atoms with Crippen LogP contribution in [0.5, 0.6) is 5.75 Å². The van der Waals surface area contributed by atoms with Crippen molar-refractivity contribution in [3.63, 3.8) is 0 Å². The molecule has 5 atom stereocenters. The maximum Gasteiger partial charge on any atom is 0.136 e. The van der Waals surface area contributed by atoms with E-state index in [9.17, 15) is 8.94 Å². The number of hydrazone groups is 1. The van der Waals surface area contributed by atoms with Crippen LogP contribution in [-0.2, 0) is 24.2 Å². The van der Waals surface area contributed by atoms with Crippen molar-refractivity contribution in [3.05, 3.63) is 29.1 Å². The topological polar surface area (TPSA) is 68.7 Å². The molecule has 3 rings (SSSR count). The summed E-state index contributed by atoms with van der Waals surface area (Å²) in [7, 11) is 0. The molecule has 1 aromatic carbocycles. The number of nitrogens with one attached hydrogen (secondary N) is 2. The minimum Gasteiger partial charge on any atom is -0.598 e. The molecule has 0 fully saturated rings. The highest BCUT2D eigenvalue weighted by atomic mass is 32.2. The molecule has 0 aliphatic carbocycles. The summed E-state index contributed by atoms with van der Waals surface area (Å²) < 4.78 is 35.4. The normalized spacial score (nSPS) is 27.0. The maximum absolute atomic E-state index is 14.1. The van der Waals surface area contributed by atoms with E-state index in [1.54, 1.807) is 12.1 Å². The molecule has 1 aromatic rings. The van der Waals surface area contributed by atoms with Crippen LogP contribution in [0.25, 0.3) is 0 Å². The molecule has 0 amide bonds. The van der Waals surface area contributed by atoms with Crippen molar-refractivity contribution in [1.82, 2.24) is 10.1 Å². The first-order chi connectivity index (χ1) is 12.1. The van der Waals surface area contributed by atoms with E-state index in [0.717, 1.165) is 16.9 Å². The molecule has 0 aromatic heterocycles. The van der Waals surface area contributed by atoms with Gasteiger partial charge in [0.15, 0.2) is 0 Å². The second kappa shape index (κ2) is 7.37. The molecular weight excluding hydrogens is 353 g/mol. The van der Waals surface area contributed by atoms with Gasteiger partial charge >= 0.3 is 0 Å². The minimum atomic E-state index is -1.18. The van der Waals surface area contributed by atoms with Crippen molar-refractivity contribution >= 4 is 17.6 Å². The Morgan fingerprint density at radius 3 is 2.81 bits per heavy atom. The lowest BCUT2D eigenvalue weighted by molar-refractivity contribution is 0.196. The lowest BCUT2D eigenvalue weighted by Crippen LogP contribution is -2.49. The number of ether oxygens (including phenoxy) is 1. The number of benzene rings is 1. The van der Waals surface area contributed by atoms with Crippen molar-refractivity contribution in [3.8, 4) is 5.75 Å². The van der Waals surface area contributed by atoms with Crippen LogP contribution < -0.4 is 14.9 Å². The summed E-state index contributed by atoms with van der Waals surface area (Å²) in [5, 5.41) is 4.10. The average molecular weight is 382 g/mol. The van der Waals surface area contributed by atoms with E-state index in [1.165, 1.54) is 0 Å². The molecule has 5 nitrogen and oxygen atoms in total. The van der Waals surface area contributed by atoms with E-state index in [1.807, 2.05) is 33.9 Å². The maximum atomic E-state index is 14.1. The fourth-order valence-electron chi connectivity index (χ4n) is 3.24. The van der Waals surface area contributed by atoms with Crippen LogP contribution in [0.15, 0.2) is 17.2 Å². The Morgan fingerprint density at radius 1 is 1.46 bits per heavy atom. The molecule has 3 unspecified atom stereocenters. The predicted molar refractivity (Wildman–Crippen MR) is 103 cm³/mol. The van der Waals surface area contributed by atoms with Gasteiger partial charge in [-0.15, -0.1) is 4.72 Å². The fourth-order valence-corrected chi connectivity index (χ4v) is 4.08. The molecule has 2 N–H and O–H groups in total. The SMILES string of the molecule is C[C@H]1NN=CC1Cc1cc(F)cc2c1OC([C@@H](C)N[S+]([O-])C(C)(C)C)C2. The Hall–Kier alpha value is -1.31. The molecular formula is C19H28FN3O2S. The van der Waals surface area contributed by atoms with Gasteiger partial charge in [-0.25, -0.2) is 4.39 Å². The van der Waals surface area contributed by atoms with Crippen LogP contribution in [-0.4, -0.2) is 33.7 Å². The third-order valence-corrected chi connectivity index (χ3v) is 6.64. The zero-order valence-corrected chi connectivity index (χ0v) is 16.8. The van der Waals surface area contributed by atoms with Gasteiger partial charge in [0.2, 0.25) is 0 Å². The molecule has 0 spiro atoms. The van der Waals surface area contributed by atoms with Crippen molar-refractivity contribution in [2.75, 3.05) is 0 Å². The quantitative estimate of drug-likeness (QED) is 0.770. The summed E-state index contributed by atoms with van der Waals surface area (Å²) in [4.78, 5) is 0. The van der Waals surface area contributed by atoms with Crippen LogP contribution >= 0.6 is 0 Å². The van der Waals surface area contributed by atoms with Gasteiger partial charge in [0, 0.05) is 41.5 Å². The second-order valence-corrected chi connectivity index (χ2v) is 10.3. The van der Waals surface area contributed by atoms with Gasteiger partial charge < -0.3 is 14.7 Å². The van der Waals surface area contributed by atoms with Gasteiger partial charge in [-0.05, 0) is 58.7 Å². The van der Waals surface area contributed by atoms with Crippen molar-refractivity contribution in [2.24, 2.45) is 11.0 Å². The van der Waals surface area contributed by atoms with E-state index in [4.69, 9.17) is 4.74 Å². The van der Waals surface area contributed by atoms with E-state index in [2.05, 4.69) is 22.2 Å². The smallest absolute Gasteiger partial charge is 0.136 e. The molecule has 0 saturated carbocycles. The molecule has 0 bridgehead atoms. The zero-order valence-electron chi connectivity index (χ0n) is 16.0. The van der Waals surface area contributed by atoms with Crippen LogP contribution in [0, 0.1) is 11.7 Å². The fraction of sp³-hybridized carbons (Fsp3) is 0.632. The van der Waals surface area contributed by atoms with Crippen molar-refractivity contribution in [2.45, 2.75) is 70.4 Å².